The van der Waals surface area contributed by atoms with Gasteiger partial charge in [0.1, 0.15) is 0 Å². The first-order valence-electron chi connectivity index (χ1n) is 7.65. The van der Waals surface area contributed by atoms with Gasteiger partial charge >= 0.3 is 0 Å². The fourth-order valence-corrected chi connectivity index (χ4v) is 2.85. The molecule has 19 heavy (non-hydrogen) atoms. The van der Waals surface area contributed by atoms with Gasteiger partial charge in [0.15, 0.2) is 0 Å². The van der Waals surface area contributed by atoms with E-state index in [0.717, 1.165) is 31.4 Å². The largest absolute Gasteiger partial charge is 0.370 e. The lowest BCUT2D eigenvalue weighted by atomic mass is 9.93. The molecule has 4 heteroatoms. The first-order valence-corrected chi connectivity index (χ1v) is 7.65. The number of hydrogen-bond donors (Lipinski definition) is 1. The Hall–Kier alpha value is -0.870. The molecule has 2 rings (SSSR count). The average Bonchev–Trinajstić information content (AvgIpc) is 2.88. The van der Waals surface area contributed by atoms with Crippen LogP contribution in [-0.4, -0.2) is 21.9 Å². The first-order chi connectivity index (χ1) is 9.24. The number of hydrogen-bond acceptors (Lipinski definition) is 3. The zero-order chi connectivity index (χ0) is 13.7. The van der Waals surface area contributed by atoms with E-state index in [1.165, 1.54) is 12.8 Å². The van der Waals surface area contributed by atoms with Gasteiger partial charge in [0.05, 0.1) is 24.4 Å². The molecule has 1 saturated carbocycles. The predicted octanol–water partition coefficient (Wildman–Crippen LogP) is 3.03. The Labute approximate surface area is 116 Å². The maximum Gasteiger partial charge on any atom is 0.0911 e. The fraction of sp³-hybridized carbons (Fsp3) is 0.800. The highest BCUT2D eigenvalue weighted by molar-refractivity contribution is 4.98. The zero-order valence-corrected chi connectivity index (χ0v) is 12.2. The van der Waals surface area contributed by atoms with Gasteiger partial charge in [-0.1, -0.05) is 26.7 Å². The highest BCUT2D eigenvalue weighted by atomic mass is 16.5. The van der Waals surface area contributed by atoms with Crippen LogP contribution in [0.2, 0.25) is 0 Å². The lowest BCUT2D eigenvalue weighted by molar-refractivity contribution is 0.00229. The van der Waals surface area contributed by atoms with E-state index in [1.54, 1.807) is 0 Å². The van der Waals surface area contributed by atoms with Gasteiger partial charge in [-0.2, -0.15) is 5.10 Å². The molecule has 2 atom stereocenters. The SMILES string of the molecule is CCC(CC)n1ccc(COC2CCCCC2N)n1. The smallest absolute Gasteiger partial charge is 0.0911 e. The Morgan fingerprint density at radius 3 is 2.79 bits per heavy atom. The summed E-state index contributed by atoms with van der Waals surface area (Å²) < 4.78 is 8.01. The van der Waals surface area contributed by atoms with Crippen LogP contribution >= 0.6 is 0 Å². The quantitative estimate of drug-likeness (QED) is 0.860. The van der Waals surface area contributed by atoms with Crippen molar-refractivity contribution in [3.63, 3.8) is 0 Å². The van der Waals surface area contributed by atoms with Gasteiger partial charge in [-0.05, 0) is 31.7 Å². The first kappa shape index (κ1) is 14.5. The van der Waals surface area contributed by atoms with E-state index in [-0.39, 0.29) is 12.1 Å². The van der Waals surface area contributed by atoms with Crippen LogP contribution in [0.1, 0.15) is 64.1 Å². The summed E-state index contributed by atoms with van der Waals surface area (Å²) in [5.74, 6) is 0. The van der Waals surface area contributed by atoms with E-state index in [2.05, 4.69) is 35.9 Å². The normalized spacial score (nSPS) is 24.0. The van der Waals surface area contributed by atoms with Crippen LogP contribution in [0.15, 0.2) is 12.3 Å². The fourth-order valence-electron chi connectivity index (χ4n) is 2.85. The molecule has 2 unspecified atom stereocenters. The second kappa shape index (κ2) is 7.06. The van der Waals surface area contributed by atoms with Crippen molar-refractivity contribution in [1.82, 2.24) is 9.78 Å². The second-order valence-corrected chi connectivity index (χ2v) is 5.56. The van der Waals surface area contributed by atoms with Crippen molar-refractivity contribution in [3.05, 3.63) is 18.0 Å². The maximum absolute atomic E-state index is 6.09. The number of nitrogens with two attached hydrogens (primary N) is 1. The standard InChI is InChI=1S/C15H27N3O/c1-3-13(4-2)18-10-9-12(17-18)11-19-15-8-6-5-7-14(15)16/h9-10,13-15H,3-8,11,16H2,1-2H3. The van der Waals surface area contributed by atoms with Gasteiger partial charge in [-0.25, -0.2) is 0 Å². The summed E-state index contributed by atoms with van der Waals surface area (Å²) in [5, 5.41) is 4.61. The highest BCUT2D eigenvalue weighted by Crippen LogP contribution is 2.21. The molecule has 108 valence electrons. The van der Waals surface area contributed by atoms with Gasteiger partial charge in [0.2, 0.25) is 0 Å². The summed E-state index contributed by atoms with van der Waals surface area (Å²) in [4.78, 5) is 0. The van der Waals surface area contributed by atoms with Crippen molar-refractivity contribution in [2.45, 2.75) is 77.2 Å². The summed E-state index contributed by atoms with van der Waals surface area (Å²) in [6.45, 7) is 4.99. The Balaban J connectivity index is 1.86. The Morgan fingerprint density at radius 1 is 1.37 bits per heavy atom. The molecule has 0 bridgehead atoms. The predicted molar refractivity (Wildman–Crippen MR) is 76.9 cm³/mol. The molecule has 1 aliphatic rings. The molecule has 0 saturated heterocycles. The van der Waals surface area contributed by atoms with Crippen LogP contribution in [0.4, 0.5) is 0 Å². The zero-order valence-electron chi connectivity index (χ0n) is 12.2. The van der Waals surface area contributed by atoms with Crippen molar-refractivity contribution in [2.24, 2.45) is 5.73 Å². The lowest BCUT2D eigenvalue weighted by Gasteiger charge is -2.28. The van der Waals surface area contributed by atoms with Gasteiger partial charge in [-0.3, -0.25) is 4.68 Å². The minimum Gasteiger partial charge on any atom is -0.370 e. The Bertz CT molecular complexity index is 373. The topological polar surface area (TPSA) is 53.1 Å². The second-order valence-electron chi connectivity index (χ2n) is 5.56. The molecule has 0 aromatic carbocycles. The van der Waals surface area contributed by atoms with E-state index in [1.807, 2.05) is 0 Å². The highest BCUT2D eigenvalue weighted by Gasteiger charge is 2.22. The Kier molecular flexibility index (Phi) is 5.40. The van der Waals surface area contributed by atoms with E-state index < -0.39 is 0 Å². The monoisotopic (exact) mass is 265 g/mol. The number of rotatable bonds is 6. The number of aromatic nitrogens is 2. The van der Waals surface area contributed by atoms with Gasteiger partial charge in [-0.15, -0.1) is 0 Å². The molecule has 0 spiro atoms. The van der Waals surface area contributed by atoms with Gasteiger partial charge < -0.3 is 10.5 Å². The summed E-state index contributed by atoms with van der Waals surface area (Å²) >= 11 is 0. The molecule has 1 aliphatic carbocycles. The van der Waals surface area contributed by atoms with E-state index in [0.29, 0.717) is 12.6 Å². The lowest BCUT2D eigenvalue weighted by Crippen LogP contribution is -2.39. The summed E-state index contributed by atoms with van der Waals surface area (Å²) in [6, 6.07) is 2.77. The van der Waals surface area contributed by atoms with E-state index >= 15 is 0 Å². The molecule has 1 aromatic rings. The minimum absolute atomic E-state index is 0.204. The molecule has 4 nitrogen and oxygen atoms in total. The van der Waals surface area contributed by atoms with Crippen LogP contribution in [-0.2, 0) is 11.3 Å². The molecule has 0 amide bonds. The van der Waals surface area contributed by atoms with E-state index in [9.17, 15) is 0 Å². The van der Waals surface area contributed by atoms with Crippen molar-refractivity contribution < 1.29 is 4.74 Å². The molecule has 1 fully saturated rings. The summed E-state index contributed by atoms with van der Waals surface area (Å²) in [7, 11) is 0. The third-order valence-electron chi connectivity index (χ3n) is 4.18. The average molecular weight is 265 g/mol. The molecule has 0 radical (unpaired) electrons. The molecule has 1 heterocycles. The van der Waals surface area contributed by atoms with Crippen LogP contribution in [0.25, 0.3) is 0 Å². The van der Waals surface area contributed by atoms with Crippen LogP contribution < -0.4 is 5.73 Å². The van der Waals surface area contributed by atoms with Crippen molar-refractivity contribution in [2.75, 3.05) is 0 Å². The van der Waals surface area contributed by atoms with Crippen molar-refractivity contribution >= 4 is 0 Å². The number of ether oxygens (including phenoxy) is 1. The third-order valence-corrected chi connectivity index (χ3v) is 4.18. The molecular formula is C15H27N3O. The summed E-state index contributed by atoms with van der Waals surface area (Å²) in [5.41, 5.74) is 7.11. The van der Waals surface area contributed by atoms with Crippen LogP contribution in [0.3, 0.4) is 0 Å². The Morgan fingerprint density at radius 2 is 2.11 bits per heavy atom. The van der Waals surface area contributed by atoms with Crippen molar-refractivity contribution in [1.29, 1.82) is 0 Å². The summed E-state index contributed by atoms with van der Waals surface area (Å²) in [6.07, 6.45) is 9.17. The molecule has 2 N–H and O–H groups in total. The van der Waals surface area contributed by atoms with Gasteiger partial charge in [0, 0.05) is 12.2 Å². The molecule has 1 aromatic heterocycles. The van der Waals surface area contributed by atoms with Gasteiger partial charge in [0.25, 0.3) is 0 Å². The maximum atomic E-state index is 6.09. The van der Waals surface area contributed by atoms with Crippen LogP contribution in [0, 0.1) is 0 Å². The van der Waals surface area contributed by atoms with E-state index in [4.69, 9.17) is 10.5 Å². The van der Waals surface area contributed by atoms with Crippen LogP contribution in [0.5, 0.6) is 0 Å². The minimum atomic E-state index is 0.204. The number of nitrogens with zero attached hydrogens (tertiary/aromatic N) is 2. The molecular weight excluding hydrogens is 238 g/mol. The van der Waals surface area contributed by atoms with Crippen molar-refractivity contribution in [3.8, 4) is 0 Å². The third kappa shape index (κ3) is 3.80. The molecule has 0 aliphatic heterocycles.